The first-order valence-electron chi connectivity index (χ1n) is 16.3. The molecule has 0 aliphatic carbocycles. The Bertz CT molecular complexity index is 1500. The summed E-state index contributed by atoms with van der Waals surface area (Å²) in [6.07, 6.45) is 7.70. The van der Waals surface area contributed by atoms with E-state index in [4.69, 9.17) is 0 Å². The van der Waals surface area contributed by atoms with Gasteiger partial charge in [0.05, 0.1) is 10.1 Å². The molecule has 0 saturated carbocycles. The van der Waals surface area contributed by atoms with Gasteiger partial charge in [0.15, 0.2) is 0 Å². The number of carbonyl (C=O) groups is 4. The number of sulfonamides is 1. The first-order valence-corrected chi connectivity index (χ1v) is 18.9. The molecule has 4 amide bonds. The van der Waals surface area contributed by atoms with Crippen molar-refractivity contribution in [3.8, 4) is 0 Å². The number of carbonyl (C=O) groups excluding carboxylic acids is 4. The van der Waals surface area contributed by atoms with Crippen molar-refractivity contribution >= 4 is 61.9 Å². The molecule has 3 N–H and O–H groups in total. The van der Waals surface area contributed by atoms with Crippen molar-refractivity contribution in [2.24, 2.45) is 0 Å². The van der Waals surface area contributed by atoms with Crippen LogP contribution in [0, 0.1) is 0 Å². The van der Waals surface area contributed by atoms with Gasteiger partial charge in [-0.3, -0.25) is 24.1 Å². The molecule has 3 rings (SSSR count). The number of benzene rings is 2. The van der Waals surface area contributed by atoms with Crippen LogP contribution in [0.25, 0.3) is 10.8 Å². The second-order valence-corrected chi connectivity index (χ2v) is 14.8. The minimum atomic E-state index is -3.69. The molecular formula is C34H49N5O6S2. The number of imide groups is 1. The molecule has 1 atom stereocenters. The Kier molecular flexibility index (Phi) is 15.7. The molecule has 2 aromatic rings. The van der Waals surface area contributed by atoms with Crippen molar-refractivity contribution < 1.29 is 27.6 Å². The van der Waals surface area contributed by atoms with E-state index in [1.165, 1.54) is 16.7 Å². The van der Waals surface area contributed by atoms with Gasteiger partial charge in [-0.25, -0.2) is 13.1 Å². The van der Waals surface area contributed by atoms with E-state index in [2.05, 4.69) is 21.9 Å². The number of thioether (sulfide) groups is 1. The number of allylic oxidation sites excluding steroid dienone is 1. The van der Waals surface area contributed by atoms with E-state index in [9.17, 15) is 27.6 Å². The topological polar surface area (TPSA) is 145 Å². The average molecular weight is 688 g/mol. The Hall–Kier alpha value is -3.42. The number of amides is 4. The molecule has 0 spiro atoms. The van der Waals surface area contributed by atoms with Gasteiger partial charge in [-0.05, 0) is 50.7 Å². The molecule has 0 radical (unpaired) electrons. The second kappa shape index (κ2) is 19.4. The van der Waals surface area contributed by atoms with Crippen LogP contribution in [0.15, 0.2) is 53.9 Å². The van der Waals surface area contributed by atoms with Gasteiger partial charge in [-0.1, -0.05) is 36.8 Å². The van der Waals surface area contributed by atoms with Crippen LogP contribution in [0.5, 0.6) is 0 Å². The molecule has 1 aliphatic rings. The van der Waals surface area contributed by atoms with E-state index < -0.39 is 15.3 Å². The molecule has 2 aromatic carbocycles. The summed E-state index contributed by atoms with van der Waals surface area (Å²) in [5.74, 6) is -0.240. The summed E-state index contributed by atoms with van der Waals surface area (Å²) in [4.78, 5) is 52.8. The van der Waals surface area contributed by atoms with Crippen LogP contribution in [0.4, 0.5) is 5.69 Å². The fourth-order valence-electron chi connectivity index (χ4n) is 5.36. The zero-order valence-electron chi connectivity index (χ0n) is 27.6. The van der Waals surface area contributed by atoms with E-state index in [1.807, 2.05) is 49.3 Å². The largest absolute Gasteiger partial charge is 0.377 e. The normalized spacial score (nSPS) is 14.9. The number of nitrogens with one attached hydrogen (secondary N) is 3. The predicted molar refractivity (Wildman–Crippen MR) is 189 cm³/mol. The molecule has 1 saturated heterocycles. The number of hydrogen-bond donors (Lipinski definition) is 3. The number of nitrogens with zero attached hydrogens (tertiary/aromatic N) is 2. The quantitative estimate of drug-likeness (QED) is 0.0959. The Balaban J connectivity index is 1.26. The lowest BCUT2D eigenvalue weighted by Gasteiger charge is -2.17. The minimum Gasteiger partial charge on any atom is -0.377 e. The lowest BCUT2D eigenvalue weighted by molar-refractivity contribution is -0.138. The van der Waals surface area contributed by atoms with Crippen molar-refractivity contribution in [2.45, 2.75) is 74.4 Å². The van der Waals surface area contributed by atoms with Crippen LogP contribution >= 0.6 is 11.8 Å². The molecule has 1 fully saturated rings. The van der Waals surface area contributed by atoms with Gasteiger partial charge in [0, 0.05) is 81.7 Å². The van der Waals surface area contributed by atoms with Crippen molar-refractivity contribution in [3.63, 3.8) is 0 Å². The van der Waals surface area contributed by atoms with Gasteiger partial charge in [0.2, 0.25) is 33.7 Å². The van der Waals surface area contributed by atoms with E-state index in [-0.39, 0.29) is 47.9 Å². The zero-order valence-corrected chi connectivity index (χ0v) is 29.2. The summed E-state index contributed by atoms with van der Waals surface area (Å²) in [6, 6.07) is 10.9. The van der Waals surface area contributed by atoms with Crippen molar-refractivity contribution in [3.05, 3.63) is 49.1 Å². The standard InChI is InChI=1S/C34H49N5O6S2/c1-4-5-6-8-20-36-32(41)19-24-46-29-25-33(42)39(34(29)43)23-13-18-31(40)35-21-9-7-10-22-37-47(44,45)30-17-12-14-26-27(30)15-11-16-28(26)38(2)3/h4,11-12,14-17,29,37H,1,5-10,13,18-25H2,2-3H3,(H,35,40)(H,36,41). The van der Waals surface area contributed by atoms with Crippen molar-refractivity contribution in [1.29, 1.82) is 0 Å². The number of fused-ring (bicyclic) bond motifs is 1. The van der Waals surface area contributed by atoms with Gasteiger partial charge in [0.1, 0.15) is 0 Å². The average Bonchev–Trinajstić information content (AvgIpc) is 3.31. The third-order valence-electron chi connectivity index (χ3n) is 7.89. The van der Waals surface area contributed by atoms with Gasteiger partial charge in [-0.15, -0.1) is 18.3 Å². The summed E-state index contributed by atoms with van der Waals surface area (Å²) < 4.78 is 28.8. The Morgan fingerprint density at radius 2 is 1.57 bits per heavy atom. The number of anilines is 1. The lowest BCUT2D eigenvalue weighted by Crippen LogP contribution is -2.33. The molecular weight excluding hydrogens is 639 g/mol. The highest BCUT2D eigenvalue weighted by molar-refractivity contribution is 8.00. The fraction of sp³-hybridized carbons (Fsp3) is 0.529. The second-order valence-electron chi connectivity index (χ2n) is 11.8. The molecule has 0 aromatic heterocycles. The minimum absolute atomic E-state index is 0.0591. The summed E-state index contributed by atoms with van der Waals surface area (Å²) in [7, 11) is 0.157. The van der Waals surface area contributed by atoms with Gasteiger partial charge in [0.25, 0.3) is 0 Å². The fourth-order valence-corrected chi connectivity index (χ4v) is 7.77. The summed E-state index contributed by atoms with van der Waals surface area (Å²) in [5.41, 5.74) is 0.947. The van der Waals surface area contributed by atoms with Crippen LogP contribution in [0.1, 0.15) is 64.2 Å². The molecule has 1 aliphatic heterocycles. The van der Waals surface area contributed by atoms with Crippen LogP contribution < -0.4 is 20.3 Å². The zero-order chi connectivity index (χ0) is 34.2. The number of likely N-dealkylation sites (tertiary alicyclic amines) is 1. The maximum Gasteiger partial charge on any atom is 0.242 e. The third-order valence-corrected chi connectivity index (χ3v) is 10.6. The highest BCUT2D eigenvalue weighted by atomic mass is 32.2. The van der Waals surface area contributed by atoms with Crippen molar-refractivity contribution in [1.82, 2.24) is 20.3 Å². The van der Waals surface area contributed by atoms with Gasteiger partial charge < -0.3 is 15.5 Å². The Morgan fingerprint density at radius 3 is 2.30 bits per heavy atom. The van der Waals surface area contributed by atoms with Crippen LogP contribution in [0.3, 0.4) is 0 Å². The van der Waals surface area contributed by atoms with E-state index in [0.717, 1.165) is 36.8 Å². The van der Waals surface area contributed by atoms with E-state index >= 15 is 0 Å². The van der Waals surface area contributed by atoms with Crippen LogP contribution in [-0.2, 0) is 29.2 Å². The van der Waals surface area contributed by atoms with Crippen LogP contribution in [0.2, 0.25) is 0 Å². The van der Waals surface area contributed by atoms with Crippen molar-refractivity contribution in [2.75, 3.05) is 50.9 Å². The van der Waals surface area contributed by atoms with Gasteiger partial charge >= 0.3 is 0 Å². The molecule has 47 heavy (non-hydrogen) atoms. The summed E-state index contributed by atoms with van der Waals surface area (Å²) in [5, 5.41) is 6.79. The lowest BCUT2D eigenvalue weighted by atomic mass is 10.1. The van der Waals surface area contributed by atoms with Gasteiger partial charge in [-0.2, -0.15) is 0 Å². The molecule has 1 heterocycles. The SMILES string of the molecule is C=CCCCCNC(=O)CCSC1CC(=O)N(CCCC(=O)NCCCCCNS(=O)(=O)c2cccc3c(N(C)C)cccc23)C1=O. The highest BCUT2D eigenvalue weighted by Crippen LogP contribution is 2.30. The van der Waals surface area contributed by atoms with E-state index in [0.29, 0.717) is 56.5 Å². The molecule has 258 valence electrons. The number of rotatable bonds is 22. The maximum atomic E-state index is 13.0. The molecule has 1 unspecified atom stereocenters. The summed E-state index contributed by atoms with van der Waals surface area (Å²) in [6.45, 7) is 5.25. The predicted octanol–water partition coefficient (Wildman–Crippen LogP) is 3.97. The number of hydrogen-bond acceptors (Lipinski definition) is 8. The Labute approximate surface area is 283 Å². The monoisotopic (exact) mass is 687 g/mol. The third kappa shape index (κ3) is 12.0. The van der Waals surface area contributed by atoms with Crippen LogP contribution in [-0.4, -0.2) is 88.2 Å². The Morgan fingerprint density at radius 1 is 0.915 bits per heavy atom. The first-order chi connectivity index (χ1) is 22.5. The first kappa shape index (κ1) is 38.0. The molecule has 0 bridgehead atoms. The number of unbranched alkanes of at least 4 members (excludes halogenated alkanes) is 4. The smallest absolute Gasteiger partial charge is 0.242 e. The molecule has 11 nitrogen and oxygen atoms in total. The summed E-state index contributed by atoms with van der Waals surface area (Å²) >= 11 is 1.33. The highest BCUT2D eigenvalue weighted by Gasteiger charge is 2.38. The maximum absolute atomic E-state index is 13.0. The molecule has 13 heteroatoms. The van der Waals surface area contributed by atoms with E-state index in [1.54, 1.807) is 12.1 Å².